The Balaban J connectivity index is 1.82. The summed E-state index contributed by atoms with van der Waals surface area (Å²) in [7, 11) is -3.77. The van der Waals surface area contributed by atoms with E-state index >= 15 is 0 Å². The smallest absolute Gasteiger partial charge is 0.312 e. The van der Waals surface area contributed by atoms with Gasteiger partial charge in [-0.05, 0) is 38.3 Å². The maximum absolute atomic E-state index is 12.7. The van der Waals surface area contributed by atoms with Crippen LogP contribution in [-0.2, 0) is 16.4 Å². The van der Waals surface area contributed by atoms with E-state index < -0.39 is 26.7 Å². The van der Waals surface area contributed by atoms with Gasteiger partial charge in [-0.25, -0.2) is 8.42 Å². The van der Waals surface area contributed by atoms with E-state index in [1.807, 2.05) is 0 Å². The van der Waals surface area contributed by atoms with Crippen molar-refractivity contribution in [3.05, 3.63) is 40.0 Å². The molecule has 11 heteroatoms. The number of sulfonamides is 1. The summed E-state index contributed by atoms with van der Waals surface area (Å²) in [6.45, 7) is 4.53. The fraction of sp³-hybridized carbons (Fsp3) is 0.556. The largest absolute Gasteiger partial charge is 0.474 e. The molecule has 1 aliphatic rings. The summed E-state index contributed by atoms with van der Waals surface area (Å²) >= 11 is 0. The Morgan fingerprint density at radius 1 is 1.34 bits per heavy atom. The van der Waals surface area contributed by atoms with E-state index in [4.69, 9.17) is 9.26 Å². The summed E-state index contributed by atoms with van der Waals surface area (Å²) in [5.74, 6) is 0.703. The number of hydrogen-bond acceptors (Lipinski definition) is 8. The highest BCUT2D eigenvalue weighted by Crippen LogP contribution is 2.34. The summed E-state index contributed by atoms with van der Waals surface area (Å²) in [6.07, 6.45) is 3.43. The van der Waals surface area contributed by atoms with Gasteiger partial charge in [0.1, 0.15) is 0 Å². The number of rotatable bonds is 9. The van der Waals surface area contributed by atoms with Crippen LogP contribution in [0.4, 0.5) is 5.69 Å². The zero-order chi connectivity index (χ0) is 21.0. The van der Waals surface area contributed by atoms with Crippen molar-refractivity contribution in [2.75, 3.05) is 13.1 Å². The average Bonchev–Trinajstić information content (AvgIpc) is 3.38. The Morgan fingerprint density at radius 2 is 2.07 bits per heavy atom. The first-order valence-electron chi connectivity index (χ1n) is 9.60. The highest BCUT2D eigenvalue weighted by atomic mass is 32.2. The van der Waals surface area contributed by atoms with E-state index in [1.54, 1.807) is 6.92 Å². The predicted octanol–water partition coefficient (Wildman–Crippen LogP) is 3.24. The van der Waals surface area contributed by atoms with Crippen molar-refractivity contribution in [3.63, 3.8) is 0 Å². The maximum Gasteiger partial charge on any atom is 0.312 e. The molecule has 2 heterocycles. The van der Waals surface area contributed by atoms with Crippen molar-refractivity contribution in [2.45, 2.75) is 57.0 Å². The summed E-state index contributed by atoms with van der Waals surface area (Å²) in [4.78, 5) is 15.0. The molecule has 1 aromatic carbocycles. The summed E-state index contributed by atoms with van der Waals surface area (Å²) in [6, 6.07) is 3.66. The molecule has 1 aromatic heterocycles. The Labute approximate surface area is 169 Å². The lowest BCUT2D eigenvalue weighted by atomic mass is 10.2. The number of hydrogen-bond donors (Lipinski definition) is 0. The lowest BCUT2D eigenvalue weighted by molar-refractivity contribution is -0.386. The first-order chi connectivity index (χ1) is 13.8. The summed E-state index contributed by atoms with van der Waals surface area (Å²) in [5, 5.41) is 15.4. The van der Waals surface area contributed by atoms with Gasteiger partial charge in [0.25, 0.3) is 5.89 Å². The van der Waals surface area contributed by atoms with Crippen molar-refractivity contribution in [3.8, 4) is 5.75 Å². The Bertz CT molecular complexity index is 968. The average molecular weight is 424 g/mol. The van der Waals surface area contributed by atoms with Gasteiger partial charge < -0.3 is 9.26 Å². The minimum Gasteiger partial charge on any atom is -0.474 e. The number of nitro benzene ring substituents is 1. The molecule has 0 saturated carbocycles. The summed E-state index contributed by atoms with van der Waals surface area (Å²) < 4.78 is 37.5. The van der Waals surface area contributed by atoms with E-state index in [2.05, 4.69) is 17.1 Å². The van der Waals surface area contributed by atoms with Gasteiger partial charge in [0.2, 0.25) is 10.0 Å². The van der Waals surface area contributed by atoms with Gasteiger partial charge in [-0.15, -0.1) is 0 Å². The molecular weight excluding hydrogens is 400 g/mol. The monoisotopic (exact) mass is 424 g/mol. The molecule has 0 aliphatic carbocycles. The molecule has 1 atom stereocenters. The molecule has 0 spiro atoms. The molecule has 3 rings (SSSR count). The van der Waals surface area contributed by atoms with Crippen LogP contribution >= 0.6 is 0 Å². The SMILES string of the molecule is CCCCc1noc([C@H](C)Oc2ccc(S(=O)(=O)N3CCCC3)cc2[N+](=O)[O-])n1. The van der Waals surface area contributed by atoms with Crippen molar-refractivity contribution in [2.24, 2.45) is 0 Å². The standard InChI is InChI=1S/C18H24N4O6S/c1-3-4-7-17-19-18(28-20-17)13(2)27-16-9-8-14(12-15(16)22(23)24)29(25,26)21-10-5-6-11-21/h8-9,12-13H,3-7,10-11H2,1-2H3/t13-/m0/s1. The van der Waals surface area contributed by atoms with Gasteiger partial charge in [-0.2, -0.15) is 9.29 Å². The van der Waals surface area contributed by atoms with E-state index in [0.717, 1.165) is 31.7 Å². The van der Waals surface area contributed by atoms with Gasteiger partial charge in [-0.3, -0.25) is 10.1 Å². The zero-order valence-electron chi connectivity index (χ0n) is 16.4. The highest BCUT2D eigenvalue weighted by Gasteiger charge is 2.30. The number of nitrogens with zero attached hydrogens (tertiary/aromatic N) is 4. The van der Waals surface area contributed by atoms with Crippen LogP contribution < -0.4 is 4.74 Å². The van der Waals surface area contributed by atoms with Gasteiger partial charge in [0, 0.05) is 25.6 Å². The van der Waals surface area contributed by atoms with E-state index in [0.29, 0.717) is 25.3 Å². The minimum atomic E-state index is -3.77. The third-order valence-electron chi connectivity index (χ3n) is 4.72. The molecule has 0 N–H and O–H groups in total. The van der Waals surface area contributed by atoms with Gasteiger partial charge in [-0.1, -0.05) is 18.5 Å². The van der Waals surface area contributed by atoms with Crippen molar-refractivity contribution in [1.82, 2.24) is 14.4 Å². The van der Waals surface area contributed by atoms with Crippen molar-refractivity contribution < 1.29 is 22.6 Å². The fourth-order valence-electron chi connectivity index (χ4n) is 3.09. The molecule has 29 heavy (non-hydrogen) atoms. The molecule has 1 saturated heterocycles. The molecule has 0 bridgehead atoms. The van der Waals surface area contributed by atoms with E-state index in [1.165, 1.54) is 16.4 Å². The number of aryl methyl sites for hydroxylation is 1. The van der Waals surface area contributed by atoms with E-state index in [-0.39, 0.29) is 16.5 Å². The molecular formula is C18H24N4O6S. The second-order valence-corrected chi connectivity index (χ2v) is 8.85. The van der Waals surface area contributed by atoms with Crippen LogP contribution in [0.3, 0.4) is 0 Å². The normalized spacial score (nSPS) is 16.1. The first-order valence-corrected chi connectivity index (χ1v) is 11.0. The number of unbranched alkanes of at least 4 members (excludes halogenated alkanes) is 1. The lowest BCUT2D eigenvalue weighted by Gasteiger charge is -2.16. The van der Waals surface area contributed by atoms with Crippen molar-refractivity contribution in [1.29, 1.82) is 0 Å². The Morgan fingerprint density at radius 3 is 2.72 bits per heavy atom. The molecule has 0 unspecified atom stereocenters. The van der Waals surface area contributed by atoms with Gasteiger partial charge in [0.05, 0.1) is 9.82 Å². The highest BCUT2D eigenvalue weighted by molar-refractivity contribution is 7.89. The number of aromatic nitrogens is 2. The first kappa shape index (κ1) is 21.2. The summed E-state index contributed by atoms with van der Waals surface area (Å²) in [5.41, 5.74) is -0.428. The molecule has 10 nitrogen and oxygen atoms in total. The molecule has 158 valence electrons. The van der Waals surface area contributed by atoms with Crippen LogP contribution in [0.1, 0.15) is 57.3 Å². The topological polar surface area (TPSA) is 129 Å². The predicted molar refractivity (Wildman–Crippen MR) is 103 cm³/mol. The number of benzene rings is 1. The van der Waals surface area contributed by atoms with Crippen molar-refractivity contribution >= 4 is 15.7 Å². The quantitative estimate of drug-likeness (QED) is 0.443. The molecule has 0 radical (unpaired) electrons. The minimum absolute atomic E-state index is 0.0591. The van der Waals surface area contributed by atoms with Gasteiger partial charge in [0.15, 0.2) is 17.7 Å². The second-order valence-electron chi connectivity index (χ2n) is 6.91. The number of ether oxygens (including phenoxy) is 1. The second kappa shape index (κ2) is 8.87. The Hall–Kier alpha value is -2.53. The maximum atomic E-state index is 12.7. The Kier molecular flexibility index (Phi) is 6.48. The third kappa shape index (κ3) is 4.73. The zero-order valence-corrected chi connectivity index (χ0v) is 17.2. The van der Waals surface area contributed by atoms with Crippen LogP contribution in [0.25, 0.3) is 0 Å². The van der Waals surface area contributed by atoms with Crippen LogP contribution in [0.2, 0.25) is 0 Å². The fourth-order valence-corrected chi connectivity index (χ4v) is 4.63. The van der Waals surface area contributed by atoms with Crippen LogP contribution in [0.5, 0.6) is 5.75 Å². The van der Waals surface area contributed by atoms with Crippen LogP contribution in [0, 0.1) is 10.1 Å². The third-order valence-corrected chi connectivity index (χ3v) is 6.61. The molecule has 0 amide bonds. The molecule has 2 aromatic rings. The molecule has 1 fully saturated rings. The van der Waals surface area contributed by atoms with Gasteiger partial charge >= 0.3 is 5.69 Å². The van der Waals surface area contributed by atoms with Crippen LogP contribution in [0.15, 0.2) is 27.6 Å². The lowest BCUT2D eigenvalue weighted by Crippen LogP contribution is -2.27. The van der Waals surface area contributed by atoms with Crippen LogP contribution in [-0.4, -0.2) is 40.9 Å². The number of nitro groups is 1. The molecule has 1 aliphatic heterocycles. The van der Waals surface area contributed by atoms with E-state index in [9.17, 15) is 18.5 Å².